The molecule has 0 fully saturated rings. The number of sulfonamides is 1. The molecule has 1 N–H and O–H groups in total. The van der Waals surface area contributed by atoms with Gasteiger partial charge < -0.3 is 5.32 Å². The third-order valence-corrected chi connectivity index (χ3v) is 5.36. The lowest BCUT2D eigenvalue weighted by atomic mass is 10.1. The lowest BCUT2D eigenvalue weighted by molar-refractivity contribution is -0.122. The zero-order valence-corrected chi connectivity index (χ0v) is 16.4. The molecule has 0 unspecified atom stereocenters. The Morgan fingerprint density at radius 2 is 1.83 bits per heavy atom. The largest absolute Gasteiger partial charge is 0.352 e. The van der Waals surface area contributed by atoms with Crippen molar-refractivity contribution in [3.05, 3.63) is 29.3 Å². The second-order valence-corrected chi connectivity index (χ2v) is 8.31. The third kappa shape index (κ3) is 5.23. The maximum Gasteiger partial charge on any atom is 0.244 e. The SMILES string of the molecule is CCC[C@H](C)NC(=O)[C@@H](CC)N(c1ccc(C)c(C)c1)S(C)(=O)=O. The second-order valence-electron chi connectivity index (χ2n) is 6.45. The second kappa shape index (κ2) is 8.51. The van der Waals surface area contributed by atoms with Crippen LogP contribution < -0.4 is 9.62 Å². The van der Waals surface area contributed by atoms with Crippen LogP contribution in [-0.2, 0) is 14.8 Å². The highest BCUT2D eigenvalue weighted by atomic mass is 32.2. The van der Waals surface area contributed by atoms with E-state index in [-0.39, 0.29) is 11.9 Å². The maximum atomic E-state index is 12.7. The molecule has 2 atom stereocenters. The van der Waals surface area contributed by atoms with Gasteiger partial charge in [-0.15, -0.1) is 0 Å². The molecular formula is C18H30N2O3S. The quantitative estimate of drug-likeness (QED) is 0.780. The Hall–Kier alpha value is -1.56. The number of rotatable bonds is 8. The molecule has 0 spiro atoms. The van der Waals surface area contributed by atoms with Gasteiger partial charge in [-0.05, 0) is 56.9 Å². The number of benzene rings is 1. The van der Waals surface area contributed by atoms with Gasteiger partial charge in [0.05, 0.1) is 11.9 Å². The topological polar surface area (TPSA) is 66.5 Å². The Bertz CT molecular complexity index is 671. The van der Waals surface area contributed by atoms with Crippen LogP contribution in [0.15, 0.2) is 18.2 Å². The molecule has 0 aromatic heterocycles. The van der Waals surface area contributed by atoms with Crippen LogP contribution in [0.5, 0.6) is 0 Å². The number of aryl methyl sites for hydroxylation is 2. The predicted octanol–water partition coefficient (Wildman–Crippen LogP) is 3.15. The Morgan fingerprint density at radius 1 is 1.21 bits per heavy atom. The summed E-state index contributed by atoms with van der Waals surface area (Å²) in [5.41, 5.74) is 2.61. The average Bonchev–Trinajstić information content (AvgIpc) is 2.46. The molecule has 136 valence electrons. The van der Waals surface area contributed by atoms with Crippen molar-refractivity contribution < 1.29 is 13.2 Å². The van der Waals surface area contributed by atoms with E-state index >= 15 is 0 Å². The van der Waals surface area contributed by atoms with E-state index in [0.29, 0.717) is 12.1 Å². The molecule has 0 saturated carbocycles. The highest BCUT2D eigenvalue weighted by Crippen LogP contribution is 2.25. The van der Waals surface area contributed by atoms with Crippen molar-refractivity contribution >= 4 is 21.6 Å². The Balaban J connectivity index is 3.22. The zero-order chi connectivity index (χ0) is 18.5. The molecule has 0 aliphatic carbocycles. The van der Waals surface area contributed by atoms with Crippen LogP contribution in [0, 0.1) is 13.8 Å². The standard InChI is InChI=1S/C18H30N2O3S/c1-7-9-15(5)19-18(21)17(8-2)20(24(6,22)23)16-11-10-13(3)14(4)12-16/h10-12,15,17H,7-9H2,1-6H3,(H,19,21)/t15-,17+/m0/s1. The monoisotopic (exact) mass is 354 g/mol. The average molecular weight is 355 g/mol. The van der Waals surface area contributed by atoms with Crippen molar-refractivity contribution in [2.45, 2.75) is 66.0 Å². The van der Waals surface area contributed by atoms with Crippen molar-refractivity contribution in [2.75, 3.05) is 10.6 Å². The van der Waals surface area contributed by atoms with E-state index < -0.39 is 16.1 Å². The van der Waals surface area contributed by atoms with E-state index in [1.54, 1.807) is 6.07 Å². The number of nitrogens with zero attached hydrogens (tertiary/aromatic N) is 1. The molecule has 0 aliphatic rings. The van der Waals surface area contributed by atoms with Gasteiger partial charge in [0.15, 0.2) is 0 Å². The molecule has 1 rings (SSSR count). The van der Waals surface area contributed by atoms with Crippen LogP contribution in [0.25, 0.3) is 0 Å². The van der Waals surface area contributed by atoms with E-state index in [1.165, 1.54) is 4.31 Å². The fraction of sp³-hybridized carbons (Fsp3) is 0.611. The minimum absolute atomic E-state index is 0.0257. The van der Waals surface area contributed by atoms with Gasteiger partial charge >= 0.3 is 0 Å². The molecule has 0 aliphatic heterocycles. The van der Waals surface area contributed by atoms with Gasteiger partial charge in [-0.1, -0.05) is 26.3 Å². The number of carbonyl (C=O) groups is 1. The first-order chi connectivity index (χ1) is 11.1. The van der Waals surface area contributed by atoms with E-state index in [0.717, 1.165) is 30.2 Å². The maximum absolute atomic E-state index is 12.7. The Kier molecular flexibility index (Phi) is 7.27. The summed E-state index contributed by atoms with van der Waals surface area (Å²) in [7, 11) is -3.58. The first kappa shape index (κ1) is 20.5. The van der Waals surface area contributed by atoms with E-state index in [9.17, 15) is 13.2 Å². The number of hydrogen-bond acceptors (Lipinski definition) is 3. The van der Waals surface area contributed by atoms with E-state index in [4.69, 9.17) is 0 Å². The highest BCUT2D eigenvalue weighted by Gasteiger charge is 2.32. The van der Waals surface area contributed by atoms with Gasteiger partial charge in [-0.2, -0.15) is 0 Å². The summed E-state index contributed by atoms with van der Waals surface area (Å²) in [6, 6.07) is 4.74. The zero-order valence-electron chi connectivity index (χ0n) is 15.6. The Morgan fingerprint density at radius 3 is 2.29 bits per heavy atom. The number of nitrogens with one attached hydrogen (secondary N) is 1. The Labute approximate surface area is 146 Å². The minimum Gasteiger partial charge on any atom is -0.352 e. The normalized spacial score (nSPS) is 14.1. The summed E-state index contributed by atoms with van der Waals surface area (Å²) < 4.78 is 26.0. The summed E-state index contributed by atoms with van der Waals surface area (Å²) in [6.07, 6.45) is 3.38. The fourth-order valence-corrected chi connectivity index (χ4v) is 3.97. The minimum atomic E-state index is -3.58. The van der Waals surface area contributed by atoms with Gasteiger partial charge in [-0.3, -0.25) is 9.10 Å². The van der Waals surface area contributed by atoms with Crippen LogP contribution >= 0.6 is 0 Å². The molecule has 24 heavy (non-hydrogen) atoms. The van der Waals surface area contributed by atoms with Gasteiger partial charge in [0.25, 0.3) is 0 Å². The van der Waals surface area contributed by atoms with E-state index in [2.05, 4.69) is 12.2 Å². The van der Waals surface area contributed by atoms with Crippen LogP contribution in [0.3, 0.4) is 0 Å². The molecule has 0 bridgehead atoms. The number of hydrogen-bond donors (Lipinski definition) is 1. The third-order valence-electron chi connectivity index (χ3n) is 4.19. The van der Waals surface area contributed by atoms with Gasteiger partial charge in [0.2, 0.25) is 15.9 Å². The molecule has 6 heteroatoms. The van der Waals surface area contributed by atoms with Crippen molar-refractivity contribution in [1.29, 1.82) is 0 Å². The van der Waals surface area contributed by atoms with Crippen LogP contribution in [-0.4, -0.2) is 32.7 Å². The van der Waals surface area contributed by atoms with Crippen LogP contribution in [0.1, 0.15) is 51.2 Å². The first-order valence-corrected chi connectivity index (χ1v) is 10.3. The molecule has 5 nitrogen and oxygen atoms in total. The molecule has 0 radical (unpaired) electrons. The smallest absolute Gasteiger partial charge is 0.244 e. The summed E-state index contributed by atoms with van der Waals surface area (Å²) in [6.45, 7) is 9.73. The molecule has 1 amide bonds. The van der Waals surface area contributed by atoms with Crippen LogP contribution in [0.2, 0.25) is 0 Å². The number of anilines is 1. The first-order valence-electron chi connectivity index (χ1n) is 8.48. The fourth-order valence-electron chi connectivity index (χ4n) is 2.77. The lowest BCUT2D eigenvalue weighted by Crippen LogP contribution is -2.51. The number of amides is 1. The van der Waals surface area contributed by atoms with Crippen molar-refractivity contribution in [3.63, 3.8) is 0 Å². The summed E-state index contributed by atoms with van der Waals surface area (Å²) in [5, 5.41) is 2.94. The summed E-state index contributed by atoms with van der Waals surface area (Å²) in [5.74, 6) is -0.248. The van der Waals surface area contributed by atoms with Crippen molar-refractivity contribution in [2.24, 2.45) is 0 Å². The highest BCUT2D eigenvalue weighted by molar-refractivity contribution is 7.92. The van der Waals surface area contributed by atoms with Gasteiger partial charge in [0.1, 0.15) is 6.04 Å². The predicted molar refractivity (Wildman–Crippen MR) is 99.8 cm³/mol. The molecule has 0 heterocycles. The molecular weight excluding hydrogens is 324 g/mol. The number of carbonyl (C=O) groups excluding carboxylic acids is 1. The lowest BCUT2D eigenvalue weighted by Gasteiger charge is -2.31. The van der Waals surface area contributed by atoms with Crippen molar-refractivity contribution in [1.82, 2.24) is 5.32 Å². The van der Waals surface area contributed by atoms with Crippen LogP contribution in [0.4, 0.5) is 5.69 Å². The summed E-state index contributed by atoms with van der Waals surface area (Å²) >= 11 is 0. The molecule has 1 aromatic rings. The molecule has 1 aromatic carbocycles. The summed E-state index contributed by atoms with van der Waals surface area (Å²) in [4.78, 5) is 12.7. The van der Waals surface area contributed by atoms with Crippen molar-refractivity contribution in [3.8, 4) is 0 Å². The van der Waals surface area contributed by atoms with Gasteiger partial charge in [0, 0.05) is 6.04 Å². The van der Waals surface area contributed by atoms with E-state index in [1.807, 2.05) is 39.8 Å². The molecule has 0 saturated heterocycles. The van der Waals surface area contributed by atoms with Gasteiger partial charge in [-0.25, -0.2) is 8.42 Å².